The lowest BCUT2D eigenvalue weighted by Gasteiger charge is -2.21. The number of nitro groups is 1. The molecule has 0 saturated heterocycles. The molecule has 1 aromatic rings. The molecule has 2 atom stereocenters. The van der Waals surface area contributed by atoms with Crippen molar-refractivity contribution in [2.45, 2.75) is 44.6 Å². The summed E-state index contributed by atoms with van der Waals surface area (Å²) in [5.74, 6) is 0.383. The minimum Gasteiger partial charge on any atom is -0.327 e. The van der Waals surface area contributed by atoms with Crippen LogP contribution >= 0.6 is 0 Å². The lowest BCUT2D eigenvalue weighted by molar-refractivity contribution is -0.385. The number of nitro benzene ring substituents is 1. The van der Waals surface area contributed by atoms with E-state index in [2.05, 4.69) is 0 Å². The maximum Gasteiger partial charge on any atom is 0.272 e. The highest BCUT2D eigenvalue weighted by Crippen LogP contribution is 2.28. The smallest absolute Gasteiger partial charge is 0.272 e. The van der Waals surface area contributed by atoms with Crippen LogP contribution < -0.4 is 5.73 Å². The molecule has 4 nitrogen and oxygen atoms in total. The third-order valence-electron chi connectivity index (χ3n) is 3.89. The molecule has 2 N–H and O–H groups in total. The molecule has 1 saturated carbocycles. The van der Waals surface area contributed by atoms with Crippen molar-refractivity contribution in [3.63, 3.8) is 0 Å². The molecule has 1 aliphatic carbocycles. The van der Waals surface area contributed by atoms with E-state index in [-0.39, 0.29) is 16.7 Å². The maximum atomic E-state index is 11.0. The third-order valence-corrected chi connectivity index (χ3v) is 3.89. The highest BCUT2D eigenvalue weighted by Gasteiger charge is 2.23. The fourth-order valence-electron chi connectivity index (χ4n) is 2.81. The summed E-state index contributed by atoms with van der Waals surface area (Å²) in [6, 6.07) is 7.21. The number of nitrogens with zero attached hydrogens (tertiary/aromatic N) is 1. The zero-order chi connectivity index (χ0) is 13.0. The lowest BCUT2D eigenvalue weighted by atomic mass is 9.88. The molecular formula is C14H20N2O2. The van der Waals surface area contributed by atoms with Crippen LogP contribution in [0.2, 0.25) is 0 Å². The van der Waals surface area contributed by atoms with Crippen molar-refractivity contribution in [1.82, 2.24) is 0 Å². The van der Waals surface area contributed by atoms with Crippen molar-refractivity contribution in [1.29, 1.82) is 0 Å². The summed E-state index contributed by atoms with van der Waals surface area (Å²) < 4.78 is 0. The molecule has 0 spiro atoms. The molecule has 18 heavy (non-hydrogen) atoms. The molecule has 2 unspecified atom stereocenters. The Kier molecular flexibility index (Phi) is 4.31. The molecule has 0 heterocycles. The van der Waals surface area contributed by atoms with E-state index in [0.29, 0.717) is 5.92 Å². The average molecular weight is 248 g/mol. The second-order valence-electron chi connectivity index (χ2n) is 5.15. The minimum atomic E-state index is -0.294. The number of benzene rings is 1. The van der Waals surface area contributed by atoms with E-state index in [9.17, 15) is 10.1 Å². The largest absolute Gasteiger partial charge is 0.327 e. The molecule has 0 radical (unpaired) electrons. The van der Waals surface area contributed by atoms with Crippen LogP contribution in [0.25, 0.3) is 0 Å². The maximum absolute atomic E-state index is 11.0. The predicted molar refractivity (Wildman–Crippen MR) is 71.4 cm³/mol. The Bertz CT molecular complexity index is 420. The Hall–Kier alpha value is -1.42. The summed E-state index contributed by atoms with van der Waals surface area (Å²) >= 11 is 0. The van der Waals surface area contributed by atoms with Crippen LogP contribution in [0.5, 0.6) is 0 Å². The van der Waals surface area contributed by atoms with Gasteiger partial charge in [-0.25, -0.2) is 0 Å². The number of para-hydroxylation sites is 1. The molecule has 98 valence electrons. The SMILES string of the molecule is NC1CCCCCC1Cc1ccccc1[N+](=O)[O-]. The van der Waals surface area contributed by atoms with Crippen molar-refractivity contribution in [2.24, 2.45) is 11.7 Å². The molecule has 0 amide bonds. The van der Waals surface area contributed by atoms with Crippen LogP contribution in [-0.2, 0) is 6.42 Å². The Morgan fingerprint density at radius 1 is 1.22 bits per heavy atom. The molecule has 1 aromatic carbocycles. The first-order chi connectivity index (χ1) is 8.68. The van der Waals surface area contributed by atoms with Gasteiger partial charge in [-0.15, -0.1) is 0 Å². The summed E-state index contributed by atoms with van der Waals surface area (Å²) in [7, 11) is 0. The van der Waals surface area contributed by atoms with Crippen LogP contribution in [0.3, 0.4) is 0 Å². The summed E-state index contributed by atoms with van der Waals surface area (Å²) in [4.78, 5) is 10.7. The predicted octanol–water partition coefficient (Wildman–Crippen LogP) is 3.04. The molecule has 0 bridgehead atoms. The highest BCUT2D eigenvalue weighted by molar-refractivity contribution is 5.40. The molecule has 0 aliphatic heterocycles. The quantitative estimate of drug-likeness (QED) is 0.508. The van der Waals surface area contributed by atoms with Crippen LogP contribution in [0, 0.1) is 16.0 Å². The minimum absolute atomic E-state index is 0.187. The van der Waals surface area contributed by atoms with Gasteiger partial charge in [-0.3, -0.25) is 10.1 Å². The summed E-state index contributed by atoms with van der Waals surface area (Å²) in [5, 5.41) is 11.0. The zero-order valence-corrected chi connectivity index (χ0v) is 10.5. The number of rotatable bonds is 3. The van der Waals surface area contributed by atoms with Gasteiger partial charge in [-0.05, 0) is 25.2 Å². The summed E-state index contributed by atoms with van der Waals surface area (Å²) in [6.07, 6.45) is 6.49. The van der Waals surface area contributed by atoms with Gasteiger partial charge in [0.2, 0.25) is 0 Å². The van der Waals surface area contributed by atoms with Gasteiger partial charge < -0.3 is 5.73 Å². The molecule has 4 heteroatoms. The Morgan fingerprint density at radius 3 is 2.72 bits per heavy atom. The van der Waals surface area contributed by atoms with Gasteiger partial charge in [0.05, 0.1) is 4.92 Å². The van der Waals surface area contributed by atoms with Gasteiger partial charge in [0.15, 0.2) is 0 Å². The topological polar surface area (TPSA) is 69.2 Å². The zero-order valence-electron chi connectivity index (χ0n) is 10.5. The van der Waals surface area contributed by atoms with E-state index in [1.165, 1.54) is 19.3 Å². The second-order valence-corrected chi connectivity index (χ2v) is 5.15. The molecule has 1 fully saturated rings. The van der Waals surface area contributed by atoms with Crippen LogP contribution in [0.1, 0.15) is 37.7 Å². The normalized spacial score (nSPS) is 24.5. The monoisotopic (exact) mass is 248 g/mol. The van der Waals surface area contributed by atoms with Crippen LogP contribution in [-0.4, -0.2) is 11.0 Å². The van der Waals surface area contributed by atoms with Crippen molar-refractivity contribution in [3.05, 3.63) is 39.9 Å². The average Bonchev–Trinajstić information content (AvgIpc) is 2.55. The van der Waals surface area contributed by atoms with E-state index in [1.54, 1.807) is 12.1 Å². The fourth-order valence-corrected chi connectivity index (χ4v) is 2.81. The Balaban J connectivity index is 2.14. The molecule has 2 rings (SSSR count). The van der Waals surface area contributed by atoms with Crippen molar-refractivity contribution in [3.8, 4) is 0 Å². The van der Waals surface area contributed by atoms with Crippen molar-refractivity contribution < 1.29 is 4.92 Å². The summed E-state index contributed by atoms with van der Waals surface area (Å²) in [5.41, 5.74) is 7.24. The standard InChI is InChI=1S/C14H20N2O2/c15-13-8-3-1-2-6-11(13)10-12-7-4-5-9-14(12)16(17)18/h4-5,7,9,11,13H,1-3,6,8,10,15H2. The van der Waals surface area contributed by atoms with Gasteiger partial charge >= 0.3 is 0 Å². The highest BCUT2D eigenvalue weighted by atomic mass is 16.6. The second kappa shape index (κ2) is 5.96. The van der Waals surface area contributed by atoms with Crippen molar-refractivity contribution in [2.75, 3.05) is 0 Å². The van der Waals surface area contributed by atoms with E-state index in [1.807, 2.05) is 12.1 Å². The molecule has 1 aliphatic rings. The fraction of sp³-hybridized carbons (Fsp3) is 0.571. The first-order valence-corrected chi connectivity index (χ1v) is 6.66. The van der Waals surface area contributed by atoms with E-state index >= 15 is 0 Å². The van der Waals surface area contributed by atoms with Gasteiger partial charge in [0, 0.05) is 17.7 Å². The number of hydrogen-bond acceptors (Lipinski definition) is 3. The van der Waals surface area contributed by atoms with Crippen molar-refractivity contribution >= 4 is 5.69 Å². The first-order valence-electron chi connectivity index (χ1n) is 6.66. The van der Waals surface area contributed by atoms with Gasteiger partial charge in [0.25, 0.3) is 5.69 Å². The van der Waals surface area contributed by atoms with Gasteiger partial charge in [-0.2, -0.15) is 0 Å². The first kappa shape index (κ1) is 13.0. The van der Waals surface area contributed by atoms with Crippen LogP contribution in [0.4, 0.5) is 5.69 Å². The van der Waals surface area contributed by atoms with Gasteiger partial charge in [-0.1, -0.05) is 37.5 Å². The van der Waals surface area contributed by atoms with E-state index in [4.69, 9.17) is 5.73 Å². The molecular weight excluding hydrogens is 228 g/mol. The Morgan fingerprint density at radius 2 is 1.94 bits per heavy atom. The summed E-state index contributed by atoms with van der Waals surface area (Å²) in [6.45, 7) is 0. The number of hydrogen-bond donors (Lipinski definition) is 1. The lowest BCUT2D eigenvalue weighted by Crippen LogP contribution is -2.30. The van der Waals surface area contributed by atoms with E-state index < -0.39 is 0 Å². The van der Waals surface area contributed by atoms with Crippen LogP contribution in [0.15, 0.2) is 24.3 Å². The number of nitrogens with two attached hydrogens (primary N) is 1. The van der Waals surface area contributed by atoms with E-state index in [0.717, 1.165) is 24.8 Å². The Labute approximate surface area is 107 Å². The molecule has 0 aromatic heterocycles. The third kappa shape index (κ3) is 3.07. The van der Waals surface area contributed by atoms with Gasteiger partial charge in [0.1, 0.15) is 0 Å².